The van der Waals surface area contributed by atoms with Crippen molar-refractivity contribution in [3.8, 4) is 0 Å². The molecule has 4 heteroatoms. The molecule has 0 bridgehead atoms. The number of amides is 1. The molecule has 0 saturated carbocycles. The molecule has 152 valence electrons. The monoisotopic (exact) mass is 389 g/mol. The SMILES string of the molecule is CCN(CC1CCN(Cc2cccc(C)c2)CC1)C(=O)c1cc2ccccc2[nH]1. The fraction of sp³-hybridized carbons (Fsp3) is 0.400. The molecule has 2 heterocycles. The normalized spacial score (nSPS) is 15.7. The molecule has 1 N–H and O–H groups in total. The average molecular weight is 390 g/mol. The van der Waals surface area contributed by atoms with Gasteiger partial charge in [-0.25, -0.2) is 0 Å². The molecule has 4 nitrogen and oxygen atoms in total. The zero-order chi connectivity index (χ0) is 20.2. The summed E-state index contributed by atoms with van der Waals surface area (Å²) in [6, 6.07) is 18.8. The number of aromatic amines is 1. The van der Waals surface area contributed by atoms with Gasteiger partial charge in [-0.2, -0.15) is 0 Å². The second-order valence-electron chi connectivity index (χ2n) is 8.32. The Balaban J connectivity index is 1.33. The number of aryl methyl sites for hydroxylation is 1. The number of H-pyrrole nitrogens is 1. The van der Waals surface area contributed by atoms with Crippen LogP contribution in [-0.4, -0.2) is 46.9 Å². The van der Waals surface area contributed by atoms with E-state index >= 15 is 0 Å². The van der Waals surface area contributed by atoms with Crippen LogP contribution >= 0.6 is 0 Å². The number of carbonyl (C=O) groups is 1. The molecule has 3 aromatic rings. The number of hydrogen-bond acceptors (Lipinski definition) is 2. The van der Waals surface area contributed by atoms with Crippen LogP contribution in [0.2, 0.25) is 0 Å². The Morgan fingerprint density at radius 3 is 2.62 bits per heavy atom. The van der Waals surface area contributed by atoms with Crippen molar-refractivity contribution in [1.82, 2.24) is 14.8 Å². The minimum atomic E-state index is 0.117. The fourth-order valence-corrected chi connectivity index (χ4v) is 4.42. The Kier molecular flexibility index (Phi) is 6.00. The molecule has 1 amide bonds. The van der Waals surface area contributed by atoms with Gasteiger partial charge in [0.05, 0.1) is 0 Å². The number of para-hydroxylation sites is 1. The predicted octanol–water partition coefficient (Wildman–Crippen LogP) is 4.85. The molecule has 2 aromatic carbocycles. The van der Waals surface area contributed by atoms with Crippen LogP contribution in [0, 0.1) is 12.8 Å². The first kappa shape index (κ1) is 19.7. The molecule has 0 aliphatic carbocycles. The van der Waals surface area contributed by atoms with Crippen LogP contribution in [0.25, 0.3) is 10.9 Å². The molecule has 1 saturated heterocycles. The van der Waals surface area contributed by atoms with Gasteiger partial charge in [0.15, 0.2) is 0 Å². The highest BCUT2D eigenvalue weighted by Crippen LogP contribution is 2.22. The fourth-order valence-electron chi connectivity index (χ4n) is 4.42. The van der Waals surface area contributed by atoms with Crippen LogP contribution in [0.15, 0.2) is 54.6 Å². The highest BCUT2D eigenvalue weighted by molar-refractivity contribution is 5.98. The van der Waals surface area contributed by atoms with Gasteiger partial charge in [-0.15, -0.1) is 0 Å². The lowest BCUT2D eigenvalue weighted by Crippen LogP contribution is -2.40. The number of benzene rings is 2. The van der Waals surface area contributed by atoms with E-state index in [9.17, 15) is 4.79 Å². The number of aromatic nitrogens is 1. The van der Waals surface area contributed by atoms with E-state index in [0.29, 0.717) is 11.6 Å². The molecule has 0 unspecified atom stereocenters. The number of hydrogen-bond donors (Lipinski definition) is 1. The van der Waals surface area contributed by atoms with E-state index in [1.807, 2.05) is 35.2 Å². The lowest BCUT2D eigenvalue weighted by Gasteiger charge is -2.34. The van der Waals surface area contributed by atoms with Gasteiger partial charge in [0.25, 0.3) is 5.91 Å². The maximum absolute atomic E-state index is 13.0. The maximum Gasteiger partial charge on any atom is 0.270 e. The van der Waals surface area contributed by atoms with Crippen molar-refractivity contribution in [2.24, 2.45) is 5.92 Å². The van der Waals surface area contributed by atoms with Crippen molar-refractivity contribution >= 4 is 16.8 Å². The summed E-state index contributed by atoms with van der Waals surface area (Å²) in [7, 11) is 0. The van der Waals surface area contributed by atoms with Gasteiger partial charge in [-0.1, -0.05) is 48.0 Å². The summed E-state index contributed by atoms with van der Waals surface area (Å²) >= 11 is 0. The van der Waals surface area contributed by atoms with E-state index in [-0.39, 0.29) is 5.91 Å². The van der Waals surface area contributed by atoms with E-state index in [1.165, 1.54) is 11.1 Å². The second kappa shape index (κ2) is 8.83. The van der Waals surface area contributed by atoms with E-state index < -0.39 is 0 Å². The first-order chi connectivity index (χ1) is 14.1. The van der Waals surface area contributed by atoms with E-state index in [0.717, 1.165) is 56.5 Å². The Morgan fingerprint density at radius 2 is 1.90 bits per heavy atom. The molecular weight excluding hydrogens is 358 g/mol. The van der Waals surface area contributed by atoms with Gasteiger partial charge in [0.1, 0.15) is 5.69 Å². The minimum Gasteiger partial charge on any atom is -0.351 e. The lowest BCUT2D eigenvalue weighted by atomic mass is 9.95. The molecule has 0 spiro atoms. The Morgan fingerprint density at radius 1 is 1.10 bits per heavy atom. The van der Waals surface area contributed by atoms with Crippen molar-refractivity contribution in [3.63, 3.8) is 0 Å². The van der Waals surface area contributed by atoms with Crippen LogP contribution in [0.1, 0.15) is 41.4 Å². The number of rotatable bonds is 6. The third kappa shape index (κ3) is 4.70. The molecule has 1 aliphatic heterocycles. The standard InChI is InChI=1S/C25H31N3O/c1-3-28(25(29)24-16-22-9-4-5-10-23(22)26-24)18-20-11-13-27(14-12-20)17-21-8-6-7-19(2)15-21/h4-10,15-16,20,26H,3,11-14,17-18H2,1-2H3. The number of fused-ring (bicyclic) bond motifs is 1. The molecular formula is C25H31N3O. The smallest absolute Gasteiger partial charge is 0.270 e. The molecule has 29 heavy (non-hydrogen) atoms. The van der Waals surface area contributed by atoms with Gasteiger partial charge < -0.3 is 9.88 Å². The predicted molar refractivity (Wildman–Crippen MR) is 119 cm³/mol. The number of nitrogens with zero attached hydrogens (tertiary/aromatic N) is 2. The number of carbonyl (C=O) groups excluding carboxylic acids is 1. The third-order valence-corrected chi connectivity index (χ3v) is 6.10. The summed E-state index contributed by atoms with van der Waals surface area (Å²) in [6.45, 7) is 9.07. The van der Waals surface area contributed by atoms with E-state index in [1.54, 1.807) is 0 Å². The van der Waals surface area contributed by atoms with Gasteiger partial charge >= 0.3 is 0 Å². The number of likely N-dealkylation sites (tertiary alicyclic amines) is 1. The van der Waals surface area contributed by atoms with Crippen LogP contribution in [0.4, 0.5) is 0 Å². The van der Waals surface area contributed by atoms with Crippen LogP contribution in [-0.2, 0) is 6.54 Å². The zero-order valence-electron chi connectivity index (χ0n) is 17.5. The molecule has 4 rings (SSSR count). The van der Waals surface area contributed by atoms with E-state index in [4.69, 9.17) is 0 Å². The highest BCUT2D eigenvalue weighted by atomic mass is 16.2. The van der Waals surface area contributed by atoms with Crippen molar-refractivity contribution < 1.29 is 4.79 Å². The summed E-state index contributed by atoms with van der Waals surface area (Å²) in [5.74, 6) is 0.697. The largest absolute Gasteiger partial charge is 0.351 e. The first-order valence-electron chi connectivity index (χ1n) is 10.8. The number of nitrogens with one attached hydrogen (secondary N) is 1. The van der Waals surface area contributed by atoms with Gasteiger partial charge in [-0.05, 0) is 63.4 Å². The summed E-state index contributed by atoms with van der Waals surface area (Å²) in [4.78, 5) is 20.9. The summed E-state index contributed by atoms with van der Waals surface area (Å²) in [5, 5.41) is 1.09. The van der Waals surface area contributed by atoms with Gasteiger partial charge in [-0.3, -0.25) is 9.69 Å². The lowest BCUT2D eigenvalue weighted by molar-refractivity contribution is 0.0694. The average Bonchev–Trinajstić information content (AvgIpc) is 3.17. The summed E-state index contributed by atoms with van der Waals surface area (Å²) in [5.41, 5.74) is 4.44. The minimum absolute atomic E-state index is 0.117. The van der Waals surface area contributed by atoms with Crippen molar-refractivity contribution in [2.75, 3.05) is 26.2 Å². The van der Waals surface area contributed by atoms with Gasteiger partial charge in [0, 0.05) is 30.5 Å². The third-order valence-electron chi connectivity index (χ3n) is 6.10. The highest BCUT2D eigenvalue weighted by Gasteiger charge is 2.24. The van der Waals surface area contributed by atoms with Crippen molar-refractivity contribution in [3.05, 3.63) is 71.4 Å². The maximum atomic E-state index is 13.0. The van der Waals surface area contributed by atoms with Crippen LogP contribution < -0.4 is 0 Å². The quantitative estimate of drug-likeness (QED) is 0.654. The van der Waals surface area contributed by atoms with Crippen molar-refractivity contribution in [1.29, 1.82) is 0 Å². The van der Waals surface area contributed by atoms with Crippen LogP contribution in [0.3, 0.4) is 0 Å². The molecule has 0 radical (unpaired) electrons. The van der Waals surface area contributed by atoms with Crippen molar-refractivity contribution in [2.45, 2.75) is 33.2 Å². The molecule has 1 fully saturated rings. The number of piperidine rings is 1. The Bertz CT molecular complexity index is 936. The summed E-state index contributed by atoms with van der Waals surface area (Å²) in [6.07, 6.45) is 2.31. The molecule has 0 atom stereocenters. The van der Waals surface area contributed by atoms with Gasteiger partial charge in [0.2, 0.25) is 0 Å². The second-order valence-corrected chi connectivity index (χ2v) is 8.32. The van der Waals surface area contributed by atoms with Crippen LogP contribution in [0.5, 0.6) is 0 Å². The molecule has 1 aromatic heterocycles. The Labute approximate surface area is 173 Å². The Hall–Kier alpha value is -2.59. The molecule has 1 aliphatic rings. The first-order valence-corrected chi connectivity index (χ1v) is 10.8. The zero-order valence-corrected chi connectivity index (χ0v) is 17.5. The summed E-state index contributed by atoms with van der Waals surface area (Å²) < 4.78 is 0. The topological polar surface area (TPSA) is 39.3 Å². The van der Waals surface area contributed by atoms with E-state index in [2.05, 4.69) is 48.0 Å².